The predicted molar refractivity (Wildman–Crippen MR) is 65.2 cm³/mol. The largest absolute Gasteiger partial charge is 0.464 e. The third kappa shape index (κ3) is 2.59. The molecule has 1 aromatic heterocycles. The van der Waals surface area contributed by atoms with E-state index in [4.69, 9.17) is 0 Å². The number of nitrogens with one attached hydrogen (secondary N) is 1. The molecule has 1 N–H and O–H groups in total. The second-order valence-electron chi connectivity index (χ2n) is 4.30. The first kappa shape index (κ1) is 12.8. The fourth-order valence-electron chi connectivity index (χ4n) is 2.03. The fourth-order valence-corrected chi connectivity index (χ4v) is 2.03. The molecule has 0 aromatic carbocycles. The van der Waals surface area contributed by atoms with Crippen molar-refractivity contribution in [1.82, 2.24) is 10.3 Å². The van der Waals surface area contributed by atoms with Gasteiger partial charge in [-0.3, -0.25) is 0 Å². The Morgan fingerprint density at radius 1 is 1.61 bits per heavy atom. The van der Waals surface area contributed by atoms with Crippen LogP contribution in [-0.2, 0) is 4.74 Å². The van der Waals surface area contributed by atoms with Crippen molar-refractivity contribution in [2.45, 2.75) is 13.0 Å². The van der Waals surface area contributed by atoms with Crippen molar-refractivity contribution in [2.75, 3.05) is 31.6 Å². The smallest absolute Gasteiger partial charge is 0.356 e. The number of esters is 1. The van der Waals surface area contributed by atoms with Gasteiger partial charge in [0.05, 0.1) is 12.8 Å². The summed E-state index contributed by atoms with van der Waals surface area (Å²) in [4.78, 5) is 16.8. The van der Waals surface area contributed by atoms with Gasteiger partial charge in [-0.05, 0) is 19.1 Å². The topological polar surface area (TPSA) is 54.5 Å². The summed E-state index contributed by atoms with van der Waals surface area (Å²) in [7, 11) is 1.24. The molecule has 18 heavy (non-hydrogen) atoms. The Labute approximate surface area is 105 Å². The molecule has 1 saturated heterocycles. The van der Waals surface area contributed by atoms with Crippen LogP contribution in [0.4, 0.5) is 10.1 Å². The highest BCUT2D eigenvalue weighted by molar-refractivity contribution is 5.87. The van der Waals surface area contributed by atoms with Crippen LogP contribution in [0, 0.1) is 5.95 Å². The zero-order valence-corrected chi connectivity index (χ0v) is 10.4. The highest BCUT2D eigenvalue weighted by atomic mass is 19.1. The maximum atomic E-state index is 13.9. The van der Waals surface area contributed by atoms with Crippen molar-refractivity contribution >= 4 is 11.7 Å². The van der Waals surface area contributed by atoms with Gasteiger partial charge in [-0.25, -0.2) is 9.78 Å². The van der Waals surface area contributed by atoms with E-state index in [1.54, 1.807) is 6.07 Å². The Bertz CT molecular complexity index is 453. The van der Waals surface area contributed by atoms with Crippen LogP contribution < -0.4 is 10.2 Å². The van der Waals surface area contributed by atoms with Gasteiger partial charge in [-0.15, -0.1) is 0 Å². The summed E-state index contributed by atoms with van der Waals surface area (Å²) in [5, 5.41) is 3.28. The van der Waals surface area contributed by atoms with Crippen LogP contribution in [0.25, 0.3) is 0 Å². The first-order chi connectivity index (χ1) is 8.61. The summed E-state index contributed by atoms with van der Waals surface area (Å²) in [6, 6.07) is 3.36. The van der Waals surface area contributed by atoms with Gasteiger partial charge in [0.2, 0.25) is 5.95 Å². The number of methoxy groups -OCH3 is 1. The van der Waals surface area contributed by atoms with E-state index in [9.17, 15) is 9.18 Å². The third-order valence-electron chi connectivity index (χ3n) is 2.93. The monoisotopic (exact) mass is 253 g/mol. The molecule has 0 radical (unpaired) electrons. The van der Waals surface area contributed by atoms with Crippen molar-refractivity contribution < 1.29 is 13.9 Å². The maximum absolute atomic E-state index is 13.9. The summed E-state index contributed by atoms with van der Waals surface area (Å²) < 4.78 is 18.4. The van der Waals surface area contributed by atoms with Crippen molar-refractivity contribution in [3.05, 3.63) is 23.8 Å². The SMILES string of the molecule is COC(=O)c1ccc(N2CCN[C@H](C)C2)c(F)n1. The minimum Gasteiger partial charge on any atom is -0.464 e. The molecule has 98 valence electrons. The molecular weight excluding hydrogens is 237 g/mol. The predicted octanol–water partition coefficient (Wildman–Crippen LogP) is 0.805. The molecule has 0 spiro atoms. The second-order valence-corrected chi connectivity index (χ2v) is 4.30. The molecule has 2 heterocycles. The molecule has 2 rings (SSSR count). The second kappa shape index (κ2) is 5.30. The first-order valence-electron chi connectivity index (χ1n) is 5.85. The van der Waals surface area contributed by atoms with E-state index in [1.165, 1.54) is 13.2 Å². The number of halogens is 1. The van der Waals surface area contributed by atoms with Crippen LogP contribution >= 0.6 is 0 Å². The molecule has 0 amide bonds. The zero-order chi connectivity index (χ0) is 13.1. The number of hydrogen-bond donors (Lipinski definition) is 1. The molecular formula is C12H16FN3O2. The van der Waals surface area contributed by atoms with Gasteiger partial charge >= 0.3 is 5.97 Å². The molecule has 1 aliphatic heterocycles. The summed E-state index contributed by atoms with van der Waals surface area (Å²) in [5.41, 5.74) is 0.415. The Hall–Kier alpha value is -1.69. The van der Waals surface area contributed by atoms with Crippen LogP contribution in [-0.4, -0.2) is 43.7 Å². The maximum Gasteiger partial charge on any atom is 0.356 e. The number of carbonyl (C=O) groups excluding carboxylic acids is 1. The Morgan fingerprint density at radius 2 is 2.39 bits per heavy atom. The standard InChI is InChI=1S/C12H16FN3O2/c1-8-7-16(6-5-14-8)10-4-3-9(12(17)18-2)15-11(10)13/h3-4,8,14H,5-7H2,1-2H3/t8-/m1/s1. The van der Waals surface area contributed by atoms with Crippen LogP contribution in [0.2, 0.25) is 0 Å². The molecule has 5 nitrogen and oxygen atoms in total. The molecule has 0 saturated carbocycles. The summed E-state index contributed by atoms with van der Waals surface area (Å²) >= 11 is 0. The van der Waals surface area contributed by atoms with E-state index in [0.717, 1.165) is 19.6 Å². The first-order valence-corrected chi connectivity index (χ1v) is 5.85. The van der Waals surface area contributed by atoms with Gasteiger partial charge < -0.3 is 15.0 Å². The number of anilines is 1. The minimum absolute atomic E-state index is 0.0121. The molecule has 1 atom stereocenters. The van der Waals surface area contributed by atoms with E-state index in [-0.39, 0.29) is 5.69 Å². The van der Waals surface area contributed by atoms with E-state index in [0.29, 0.717) is 11.7 Å². The third-order valence-corrected chi connectivity index (χ3v) is 2.93. The van der Waals surface area contributed by atoms with Gasteiger partial charge in [0.15, 0.2) is 5.69 Å². The Morgan fingerprint density at radius 3 is 3.00 bits per heavy atom. The van der Waals surface area contributed by atoms with E-state index in [2.05, 4.69) is 15.0 Å². The number of nitrogens with zero attached hydrogens (tertiary/aromatic N) is 2. The fraction of sp³-hybridized carbons (Fsp3) is 0.500. The van der Waals surface area contributed by atoms with E-state index < -0.39 is 11.9 Å². The van der Waals surface area contributed by atoms with Crippen molar-refractivity contribution in [1.29, 1.82) is 0 Å². The lowest BCUT2D eigenvalue weighted by atomic mass is 10.2. The van der Waals surface area contributed by atoms with E-state index in [1.807, 2.05) is 11.8 Å². The van der Waals surface area contributed by atoms with Crippen molar-refractivity contribution in [3.63, 3.8) is 0 Å². The summed E-state index contributed by atoms with van der Waals surface area (Å²) in [5.74, 6) is -1.26. The van der Waals surface area contributed by atoms with Gasteiger partial charge in [0, 0.05) is 25.7 Å². The molecule has 0 aliphatic carbocycles. The summed E-state index contributed by atoms with van der Waals surface area (Å²) in [6.45, 7) is 4.29. The van der Waals surface area contributed by atoms with E-state index >= 15 is 0 Å². The Balaban J connectivity index is 2.21. The summed E-state index contributed by atoms with van der Waals surface area (Å²) in [6.07, 6.45) is 0. The molecule has 6 heteroatoms. The minimum atomic E-state index is -0.632. The van der Waals surface area contributed by atoms with Crippen LogP contribution in [0.5, 0.6) is 0 Å². The number of rotatable bonds is 2. The van der Waals surface area contributed by atoms with Gasteiger partial charge in [0.1, 0.15) is 0 Å². The number of hydrogen-bond acceptors (Lipinski definition) is 5. The average Bonchev–Trinajstić information content (AvgIpc) is 2.37. The highest BCUT2D eigenvalue weighted by Gasteiger charge is 2.20. The number of pyridine rings is 1. The van der Waals surface area contributed by atoms with Crippen LogP contribution in [0.15, 0.2) is 12.1 Å². The number of piperazine rings is 1. The average molecular weight is 253 g/mol. The quantitative estimate of drug-likeness (QED) is 0.624. The lowest BCUT2D eigenvalue weighted by molar-refractivity contribution is 0.0592. The number of ether oxygens (including phenoxy) is 1. The molecule has 1 fully saturated rings. The molecule has 0 unspecified atom stereocenters. The lowest BCUT2D eigenvalue weighted by Crippen LogP contribution is -2.49. The van der Waals surface area contributed by atoms with Gasteiger partial charge in [-0.2, -0.15) is 4.39 Å². The molecule has 1 aromatic rings. The molecule has 0 bridgehead atoms. The zero-order valence-electron chi connectivity index (χ0n) is 10.4. The van der Waals surface area contributed by atoms with Crippen LogP contribution in [0.3, 0.4) is 0 Å². The normalized spacial score (nSPS) is 19.7. The Kier molecular flexibility index (Phi) is 3.76. The van der Waals surface area contributed by atoms with Gasteiger partial charge in [-0.1, -0.05) is 0 Å². The van der Waals surface area contributed by atoms with Crippen LogP contribution in [0.1, 0.15) is 17.4 Å². The number of aromatic nitrogens is 1. The highest BCUT2D eigenvalue weighted by Crippen LogP contribution is 2.19. The molecule has 1 aliphatic rings. The lowest BCUT2D eigenvalue weighted by Gasteiger charge is -2.33. The number of carbonyl (C=O) groups is 1. The van der Waals surface area contributed by atoms with Crippen molar-refractivity contribution in [2.24, 2.45) is 0 Å². The van der Waals surface area contributed by atoms with Gasteiger partial charge in [0.25, 0.3) is 0 Å². The van der Waals surface area contributed by atoms with Crippen molar-refractivity contribution in [3.8, 4) is 0 Å².